The molecule has 14 nitrogen and oxygen atoms in total. The van der Waals surface area contributed by atoms with Gasteiger partial charge in [0.1, 0.15) is 11.5 Å². The first-order chi connectivity index (χ1) is 23.7. The van der Waals surface area contributed by atoms with Crippen molar-refractivity contribution in [2.45, 2.75) is 22.3 Å². The second kappa shape index (κ2) is 12.2. The van der Waals surface area contributed by atoms with Crippen molar-refractivity contribution in [3.8, 4) is 22.6 Å². The summed E-state index contributed by atoms with van der Waals surface area (Å²) >= 11 is 0. The summed E-state index contributed by atoms with van der Waals surface area (Å²) in [6, 6.07) is 21.8. The van der Waals surface area contributed by atoms with Crippen LogP contribution in [-0.4, -0.2) is 63.0 Å². The molecule has 0 aliphatic heterocycles. The molecule has 2 atom stereocenters. The van der Waals surface area contributed by atoms with Crippen LogP contribution in [-0.2, 0) is 29.7 Å². The number of nitrogens with zero attached hydrogens (tertiary/aromatic N) is 2. The topological polar surface area (TPSA) is 252 Å². The molecule has 4 aromatic carbocycles. The highest BCUT2D eigenvalue weighted by Crippen LogP contribution is 2.51. The average Bonchev–Trinajstić information content (AvgIpc) is 3.11. The Morgan fingerprint density at radius 1 is 0.620 bits per heavy atom. The van der Waals surface area contributed by atoms with Gasteiger partial charge in [-0.15, -0.1) is 0 Å². The zero-order valence-electron chi connectivity index (χ0n) is 26.7. The predicted molar refractivity (Wildman–Crippen MR) is 189 cm³/mol. The fourth-order valence-corrected chi connectivity index (χ4v) is 9.55. The van der Waals surface area contributed by atoms with Crippen LogP contribution >= 0.6 is 0 Å². The van der Waals surface area contributed by atoms with Gasteiger partial charge in [0.2, 0.25) is 0 Å². The van der Waals surface area contributed by atoms with Gasteiger partial charge in [-0.1, -0.05) is 72.8 Å². The molecule has 16 heteroatoms. The lowest BCUT2D eigenvalue weighted by Crippen LogP contribution is -2.46. The second-order valence-corrected chi connectivity index (χ2v) is 15.1. The molecule has 258 valence electrons. The van der Waals surface area contributed by atoms with Crippen LogP contribution in [0.5, 0.6) is 11.5 Å². The van der Waals surface area contributed by atoms with E-state index in [4.69, 9.17) is 32.0 Å². The molecule has 0 bridgehead atoms. The molecule has 0 amide bonds. The molecule has 0 heterocycles. The Morgan fingerprint density at radius 3 is 1.30 bits per heavy atom. The third-order valence-electron chi connectivity index (χ3n) is 9.47. The first kappa shape index (κ1) is 34.4. The van der Waals surface area contributed by atoms with E-state index in [1.807, 2.05) is 0 Å². The van der Waals surface area contributed by atoms with Crippen LogP contribution in [0, 0.1) is 10.8 Å². The number of nitrogens with two attached hydrogens (primary N) is 2. The highest BCUT2D eigenvalue weighted by molar-refractivity contribution is 7.87. The van der Waals surface area contributed by atoms with Crippen LogP contribution in [0.25, 0.3) is 11.1 Å². The molecule has 0 spiro atoms. The first-order valence-electron chi connectivity index (χ1n) is 14.9. The molecule has 4 aromatic rings. The third-order valence-corrected chi connectivity index (χ3v) is 12.4. The summed E-state index contributed by atoms with van der Waals surface area (Å²) in [5.41, 5.74) is 1.62. The van der Waals surface area contributed by atoms with Gasteiger partial charge in [-0.2, -0.15) is 27.0 Å². The Hall–Kier alpha value is -5.42. The normalized spacial score (nSPS) is 22.2. The van der Waals surface area contributed by atoms with Gasteiger partial charge in [-0.05, 0) is 34.4 Å². The molecule has 0 saturated heterocycles. The van der Waals surface area contributed by atoms with Gasteiger partial charge in [-0.25, -0.2) is 0 Å². The molecule has 50 heavy (non-hydrogen) atoms. The molecule has 8 N–H and O–H groups in total. The highest BCUT2D eigenvalue weighted by Gasteiger charge is 2.55. The molecular weight excluding hydrogens is 685 g/mol. The fraction of sp³-hybridized carbons (Fsp3) is 0.176. The monoisotopic (exact) mass is 716 g/mol. The van der Waals surface area contributed by atoms with E-state index in [2.05, 4.69) is 10.2 Å². The van der Waals surface area contributed by atoms with E-state index in [0.29, 0.717) is 11.1 Å². The Bertz CT molecular complexity index is 2230. The number of methoxy groups -OCH3 is 2. The van der Waals surface area contributed by atoms with Gasteiger partial charge in [0.25, 0.3) is 20.2 Å². The van der Waals surface area contributed by atoms with Crippen LogP contribution in [0.15, 0.2) is 95.1 Å². The van der Waals surface area contributed by atoms with Gasteiger partial charge in [0, 0.05) is 35.1 Å². The molecule has 0 saturated carbocycles. The maximum Gasteiger partial charge on any atom is 0.279 e. The molecular formula is C34H32N6O8S2. The van der Waals surface area contributed by atoms with Crippen LogP contribution in [0.4, 0.5) is 0 Å². The maximum absolute atomic E-state index is 13.4. The number of benzene rings is 4. The number of hydrogen-bond donors (Lipinski definition) is 6. The van der Waals surface area contributed by atoms with Crippen molar-refractivity contribution in [2.24, 2.45) is 21.9 Å². The van der Waals surface area contributed by atoms with Crippen molar-refractivity contribution < 1.29 is 35.4 Å². The third kappa shape index (κ3) is 4.90. The molecule has 0 fully saturated rings. The SMILES string of the molecule is COc1cc(-c2ccc(C3(S(=O)(=O)O)CC(=NN)C(=N)c4ccccc43)c(OC)c2)ccc1C1(S(=O)(=O)O)CC(=NN)C(=N)c2ccccc21. The lowest BCUT2D eigenvalue weighted by atomic mass is 9.75. The van der Waals surface area contributed by atoms with E-state index in [-0.39, 0.29) is 67.7 Å². The highest BCUT2D eigenvalue weighted by atomic mass is 32.2. The van der Waals surface area contributed by atoms with Gasteiger partial charge in [0.05, 0.1) is 37.1 Å². The molecule has 6 rings (SSSR count). The minimum Gasteiger partial charge on any atom is -0.496 e. The zero-order chi connectivity index (χ0) is 36.2. The number of nitrogens with one attached hydrogen (secondary N) is 2. The average molecular weight is 717 g/mol. The Balaban J connectivity index is 1.55. The first-order valence-corrected chi connectivity index (χ1v) is 17.8. The number of hydrazone groups is 2. The van der Waals surface area contributed by atoms with Crippen molar-refractivity contribution in [2.75, 3.05) is 14.2 Å². The standard InChI is InChI=1S/C34H32N6O8S2/c1-47-29-15-19(11-13-25(29)33(49(41,42)43)17-27(39-37)31(35)21-7-3-5-9-23(21)33)20-12-14-26(30(16-20)48-2)34(50(44,45)46)18-28(40-38)32(36)22-8-4-6-10-24(22)34/h3-16,35-36H,17-18,37-38H2,1-2H3,(H,41,42,43)(H,44,45,46). The minimum absolute atomic E-state index is 0.0391. The summed E-state index contributed by atoms with van der Waals surface area (Å²) in [6.07, 6.45) is -0.887. The van der Waals surface area contributed by atoms with E-state index >= 15 is 0 Å². The predicted octanol–water partition coefficient (Wildman–Crippen LogP) is 3.81. The Kier molecular flexibility index (Phi) is 8.38. The van der Waals surface area contributed by atoms with Crippen molar-refractivity contribution >= 4 is 43.1 Å². The van der Waals surface area contributed by atoms with Gasteiger partial charge in [-0.3, -0.25) is 19.9 Å². The van der Waals surface area contributed by atoms with Crippen molar-refractivity contribution in [3.63, 3.8) is 0 Å². The molecule has 2 aliphatic carbocycles. The van der Waals surface area contributed by atoms with Gasteiger partial charge in [0.15, 0.2) is 9.49 Å². The van der Waals surface area contributed by atoms with Crippen LogP contribution in [0.2, 0.25) is 0 Å². The fourth-order valence-electron chi connectivity index (χ4n) is 7.10. The summed E-state index contributed by atoms with van der Waals surface area (Å²) < 4.78 is 82.6. The quantitative estimate of drug-likeness (QED) is 0.0916. The summed E-state index contributed by atoms with van der Waals surface area (Å²) in [6.45, 7) is 0. The number of fused-ring (bicyclic) bond motifs is 2. The van der Waals surface area contributed by atoms with E-state index in [1.54, 1.807) is 60.7 Å². The maximum atomic E-state index is 13.4. The lowest BCUT2D eigenvalue weighted by molar-refractivity contribution is 0.396. The van der Waals surface area contributed by atoms with E-state index in [0.717, 1.165) is 0 Å². The summed E-state index contributed by atoms with van der Waals surface area (Å²) in [5, 5.41) is 24.5. The van der Waals surface area contributed by atoms with E-state index < -0.39 is 42.6 Å². The Morgan fingerprint density at radius 2 is 0.980 bits per heavy atom. The van der Waals surface area contributed by atoms with E-state index in [9.17, 15) is 25.9 Å². The second-order valence-electron chi connectivity index (χ2n) is 11.8. The van der Waals surface area contributed by atoms with Crippen molar-refractivity contribution in [1.82, 2.24) is 0 Å². The van der Waals surface area contributed by atoms with Crippen LogP contribution in [0.3, 0.4) is 0 Å². The summed E-state index contributed by atoms with van der Waals surface area (Å²) in [4.78, 5) is 0. The molecule has 2 unspecified atom stereocenters. The summed E-state index contributed by atoms with van der Waals surface area (Å²) in [5.74, 6) is 11.3. The molecule has 2 aliphatic rings. The van der Waals surface area contributed by atoms with Crippen molar-refractivity contribution in [3.05, 3.63) is 118 Å². The number of hydrogen-bond acceptors (Lipinski definition) is 12. The van der Waals surface area contributed by atoms with Crippen LogP contribution < -0.4 is 21.2 Å². The molecule has 0 aromatic heterocycles. The number of ether oxygens (including phenoxy) is 2. The van der Waals surface area contributed by atoms with E-state index in [1.165, 1.54) is 38.5 Å². The molecule has 0 radical (unpaired) electrons. The smallest absolute Gasteiger partial charge is 0.279 e. The zero-order valence-corrected chi connectivity index (χ0v) is 28.3. The largest absolute Gasteiger partial charge is 0.496 e. The van der Waals surface area contributed by atoms with Gasteiger partial charge >= 0.3 is 0 Å². The minimum atomic E-state index is -4.96. The van der Waals surface area contributed by atoms with Crippen LogP contribution in [0.1, 0.15) is 46.2 Å². The Labute approximate surface area is 288 Å². The number of rotatable bonds is 7. The van der Waals surface area contributed by atoms with Crippen molar-refractivity contribution in [1.29, 1.82) is 10.8 Å². The lowest BCUT2D eigenvalue weighted by Gasteiger charge is -2.38. The summed E-state index contributed by atoms with van der Waals surface area (Å²) in [7, 11) is -7.25. The van der Waals surface area contributed by atoms with Gasteiger partial charge < -0.3 is 21.2 Å².